The van der Waals surface area contributed by atoms with Crippen LogP contribution in [0.5, 0.6) is 5.75 Å². The Morgan fingerprint density at radius 2 is 2.00 bits per heavy atom. The molecule has 10 nitrogen and oxygen atoms in total. The third kappa shape index (κ3) is 4.24. The lowest BCUT2D eigenvalue weighted by molar-refractivity contribution is -0.192. The van der Waals surface area contributed by atoms with Gasteiger partial charge in [-0.05, 0) is 12.1 Å². The van der Waals surface area contributed by atoms with Gasteiger partial charge in [0.05, 0.1) is 0 Å². The fourth-order valence-corrected chi connectivity index (χ4v) is 2.82. The Kier molecular flexibility index (Phi) is 5.27. The summed E-state index contributed by atoms with van der Waals surface area (Å²) in [5, 5.41) is 13.0. The van der Waals surface area contributed by atoms with Gasteiger partial charge in [0.15, 0.2) is 18.2 Å². The predicted octanol–water partition coefficient (Wildman–Crippen LogP) is 0.590. The molecule has 0 aromatic carbocycles. The molecule has 2 atom stereocenters. The molecule has 0 spiro atoms. The fraction of sp³-hybridized carbons (Fsp3) is 0.467. The third-order valence-electron chi connectivity index (χ3n) is 4.15. The largest absolute Gasteiger partial charge is 0.490 e. The number of carbonyl (C=O) groups excluding carboxylic acids is 2. The number of hydrogen-bond donors (Lipinski definition) is 3. The van der Waals surface area contributed by atoms with E-state index in [9.17, 15) is 22.8 Å². The van der Waals surface area contributed by atoms with E-state index in [1.54, 1.807) is 12.1 Å². The monoisotopic (exact) mass is 404 g/mol. The predicted molar refractivity (Wildman–Crippen MR) is 86.0 cm³/mol. The summed E-state index contributed by atoms with van der Waals surface area (Å²) >= 11 is 0. The topological polar surface area (TPSA) is 130 Å². The van der Waals surface area contributed by atoms with Crippen molar-refractivity contribution < 1.29 is 42.1 Å². The number of hydrogen-bond acceptors (Lipinski definition) is 7. The number of halogens is 3. The van der Waals surface area contributed by atoms with Crippen LogP contribution in [0.3, 0.4) is 0 Å². The molecule has 4 rings (SSSR count). The van der Waals surface area contributed by atoms with Crippen LogP contribution in [0.4, 0.5) is 29.6 Å². The Bertz CT molecular complexity index is 802. The molecule has 2 amide bonds. The molecule has 0 unspecified atom stereocenters. The molecular weight excluding hydrogens is 389 g/mol. The summed E-state index contributed by atoms with van der Waals surface area (Å²) in [7, 11) is 0. The number of nitrogens with one attached hydrogen (secondary N) is 2. The molecular formula is C15H15F3N4O6. The summed E-state index contributed by atoms with van der Waals surface area (Å²) in [6.45, 7) is 2.05. The molecule has 2 fully saturated rings. The number of alkyl halides is 3. The number of anilines is 2. The second-order valence-electron chi connectivity index (χ2n) is 6.11. The van der Waals surface area contributed by atoms with E-state index in [2.05, 4.69) is 15.6 Å². The van der Waals surface area contributed by atoms with Crippen molar-refractivity contribution in [2.45, 2.75) is 12.3 Å². The summed E-state index contributed by atoms with van der Waals surface area (Å²) in [4.78, 5) is 38.1. The molecule has 3 aliphatic heterocycles. The van der Waals surface area contributed by atoms with Crippen LogP contribution in [0, 0.1) is 5.92 Å². The van der Waals surface area contributed by atoms with Crippen molar-refractivity contribution in [2.24, 2.45) is 5.92 Å². The Morgan fingerprint density at radius 1 is 1.29 bits per heavy atom. The Hall–Kier alpha value is -3.09. The first-order valence-corrected chi connectivity index (χ1v) is 8.08. The highest BCUT2D eigenvalue weighted by Gasteiger charge is 2.40. The maximum Gasteiger partial charge on any atom is 0.490 e. The number of aromatic nitrogens is 1. The van der Waals surface area contributed by atoms with E-state index >= 15 is 0 Å². The molecule has 1 aromatic heterocycles. The van der Waals surface area contributed by atoms with E-state index in [0.29, 0.717) is 30.5 Å². The van der Waals surface area contributed by atoms with Crippen molar-refractivity contribution in [3.05, 3.63) is 12.1 Å². The molecule has 0 aliphatic carbocycles. The second-order valence-corrected chi connectivity index (χ2v) is 6.11. The minimum Gasteiger partial charge on any atom is -0.480 e. The van der Waals surface area contributed by atoms with Gasteiger partial charge in [-0.3, -0.25) is 9.69 Å². The average Bonchev–Trinajstić information content (AvgIpc) is 3.07. The lowest BCUT2D eigenvalue weighted by atomic mass is 10.0. The zero-order chi connectivity index (χ0) is 20.5. The number of fused-ring (bicyclic) bond motifs is 2. The van der Waals surface area contributed by atoms with Crippen LogP contribution < -0.4 is 20.3 Å². The number of carbonyl (C=O) groups is 3. The van der Waals surface area contributed by atoms with Crippen LogP contribution in [0.2, 0.25) is 0 Å². The summed E-state index contributed by atoms with van der Waals surface area (Å²) in [5.74, 6) is -1.46. The van der Waals surface area contributed by atoms with Gasteiger partial charge in [0.1, 0.15) is 11.9 Å². The minimum atomic E-state index is -5.08. The molecule has 13 heteroatoms. The number of amides is 2. The summed E-state index contributed by atoms with van der Waals surface area (Å²) in [6.07, 6.45) is -5.55. The van der Waals surface area contributed by atoms with Crippen LogP contribution in [-0.2, 0) is 14.3 Å². The third-order valence-corrected chi connectivity index (χ3v) is 4.15. The molecule has 0 radical (unpaired) electrons. The van der Waals surface area contributed by atoms with Gasteiger partial charge in [0, 0.05) is 25.6 Å². The highest BCUT2D eigenvalue weighted by Crippen LogP contribution is 2.31. The van der Waals surface area contributed by atoms with Crippen molar-refractivity contribution in [1.82, 2.24) is 10.3 Å². The SMILES string of the molecule is O=C1COc2ccc(N3C[C@H]4CNC[C@H]4OC3=O)nc2N1.O=[12C](O)C(F)(F)F. The fourth-order valence-electron chi connectivity index (χ4n) is 2.82. The molecule has 0 bridgehead atoms. The maximum atomic E-state index is 12.1. The van der Waals surface area contributed by atoms with Crippen LogP contribution in [0.25, 0.3) is 0 Å². The standard InChI is InChI=1S/C13H14N4O4.C2HF3O2/c18-11-6-20-8-1-2-10(15-12(8)16-11)17-5-7-3-14-4-9(7)21-13(17)19;3-2(4,5)1(6)7/h1-2,7,9,14H,3-6H2,(H,15,16,18);(H,6,7)/t7-,9-;/m1./s1/i;1+0. The zero-order valence-corrected chi connectivity index (χ0v) is 14.2. The quantitative estimate of drug-likeness (QED) is 0.620. The van der Waals surface area contributed by atoms with Gasteiger partial charge in [0.2, 0.25) is 0 Å². The van der Waals surface area contributed by atoms with Gasteiger partial charge in [-0.1, -0.05) is 0 Å². The van der Waals surface area contributed by atoms with E-state index in [-0.39, 0.29) is 24.5 Å². The Labute approximate surface area is 155 Å². The first-order chi connectivity index (χ1) is 13.1. The molecule has 1 aromatic rings. The molecule has 28 heavy (non-hydrogen) atoms. The number of carboxylic acid groups (broad SMARTS) is 1. The summed E-state index contributed by atoms with van der Waals surface area (Å²) in [6, 6.07) is 3.39. The van der Waals surface area contributed by atoms with Crippen molar-refractivity contribution >= 4 is 29.6 Å². The number of aliphatic carboxylic acids is 1. The van der Waals surface area contributed by atoms with E-state index in [1.165, 1.54) is 4.90 Å². The lowest BCUT2D eigenvalue weighted by Gasteiger charge is -2.33. The van der Waals surface area contributed by atoms with Gasteiger partial charge < -0.3 is 25.2 Å². The lowest BCUT2D eigenvalue weighted by Crippen LogP contribution is -2.48. The molecule has 2 saturated heterocycles. The number of carboxylic acids is 1. The van der Waals surface area contributed by atoms with Crippen LogP contribution in [0.1, 0.15) is 0 Å². The van der Waals surface area contributed by atoms with Crippen LogP contribution in [0.15, 0.2) is 12.1 Å². The van der Waals surface area contributed by atoms with E-state index in [1.807, 2.05) is 0 Å². The summed E-state index contributed by atoms with van der Waals surface area (Å²) in [5.41, 5.74) is 0. The van der Waals surface area contributed by atoms with Gasteiger partial charge in [-0.2, -0.15) is 13.2 Å². The maximum absolute atomic E-state index is 12.1. The highest BCUT2D eigenvalue weighted by atomic mass is 19.4. The van der Waals surface area contributed by atoms with Crippen molar-refractivity contribution in [3.8, 4) is 5.75 Å². The number of ether oxygens (including phenoxy) is 2. The molecule has 3 N–H and O–H groups in total. The van der Waals surface area contributed by atoms with Crippen LogP contribution in [-0.4, -0.2) is 66.6 Å². The smallest absolute Gasteiger partial charge is 0.480 e. The number of pyridine rings is 1. The minimum absolute atomic E-state index is 0.0186. The van der Waals surface area contributed by atoms with Gasteiger partial charge in [0.25, 0.3) is 5.91 Å². The second kappa shape index (κ2) is 7.50. The van der Waals surface area contributed by atoms with Gasteiger partial charge in [-0.15, -0.1) is 0 Å². The van der Waals surface area contributed by atoms with Crippen molar-refractivity contribution in [1.29, 1.82) is 0 Å². The first-order valence-electron chi connectivity index (χ1n) is 8.08. The van der Waals surface area contributed by atoms with Crippen molar-refractivity contribution in [3.63, 3.8) is 0 Å². The molecule has 4 heterocycles. The van der Waals surface area contributed by atoms with E-state index in [0.717, 1.165) is 6.54 Å². The van der Waals surface area contributed by atoms with Gasteiger partial charge >= 0.3 is 18.2 Å². The van der Waals surface area contributed by atoms with Gasteiger partial charge in [-0.25, -0.2) is 14.6 Å². The van der Waals surface area contributed by atoms with Crippen molar-refractivity contribution in [2.75, 3.05) is 36.5 Å². The first kappa shape index (κ1) is 19.7. The van der Waals surface area contributed by atoms with Crippen LogP contribution >= 0.6 is 0 Å². The molecule has 0 saturated carbocycles. The molecule has 152 valence electrons. The molecule has 3 aliphatic rings. The van der Waals surface area contributed by atoms with E-state index in [4.69, 9.17) is 19.4 Å². The number of rotatable bonds is 1. The zero-order valence-electron chi connectivity index (χ0n) is 14.2. The summed E-state index contributed by atoms with van der Waals surface area (Å²) < 4.78 is 42.4. The normalized spacial score (nSPS) is 23.3. The number of nitrogens with zero attached hydrogens (tertiary/aromatic N) is 2. The Morgan fingerprint density at radius 3 is 2.68 bits per heavy atom. The Balaban J connectivity index is 0.000000279. The highest BCUT2D eigenvalue weighted by molar-refractivity contribution is 5.95. The van der Waals surface area contributed by atoms with E-state index < -0.39 is 18.2 Å². The average molecular weight is 404 g/mol.